The van der Waals surface area contributed by atoms with Gasteiger partial charge in [-0.25, -0.2) is 0 Å². The van der Waals surface area contributed by atoms with Gasteiger partial charge in [-0.15, -0.1) is 0 Å². The van der Waals surface area contributed by atoms with E-state index in [0.29, 0.717) is 19.3 Å². The highest BCUT2D eigenvalue weighted by Crippen LogP contribution is 2.19. The minimum absolute atomic E-state index is 0.0624. The maximum atomic E-state index is 12.9. The average Bonchev–Trinajstić information content (AvgIpc) is 3.34. The summed E-state index contributed by atoms with van der Waals surface area (Å²) in [5.41, 5.74) is 0. The normalized spacial score (nSPS) is 12.1. The number of ether oxygens (including phenoxy) is 3. The van der Waals surface area contributed by atoms with Crippen molar-refractivity contribution in [2.45, 2.75) is 375 Å². The fraction of sp³-hybridized carbons (Fsp3) is 0.955. The molecular formula is C66H128O6. The SMILES string of the molecule is CC(C)CCCCCCCCCCCCCCCCCCCCC(=O)OC[C@@H](COC(=O)CCCCCCCCCCCCCCCC(C)C)OC(=O)CCCCCCCCCCCCCCCCC(C)C. The maximum absolute atomic E-state index is 12.9. The first-order chi connectivity index (χ1) is 35.1. The van der Waals surface area contributed by atoms with Gasteiger partial charge in [0.15, 0.2) is 6.10 Å². The van der Waals surface area contributed by atoms with Crippen LogP contribution in [0.5, 0.6) is 0 Å². The van der Waals surface area contributed by atoms with E-state index in [0.717, 1.165) is 75.5 Å². The Bertz CT molecular complexity index is 1120. The maximum Gasteiger partial charge on any atom is 0.306 e. The van der Waals surface area contributed by atoms with E-state index in [1.165, 1.54) is 250 Å². The zero-order valence-electron chi connectivity index (χ0n) is 49.7. The molecular weight excluding hydrogens is 889 g/mol. The highest BCUT2D eigenvalue weighted by Gasteiger charge is 2.19. The topological polar surface area (TPSA) is 78.9 Å². The Hall–Kier alpha value is -1.59. The molecule has 0 N–H and O–H groups in total. The molecule has 0 aromatic carbocycles. The molecule has 0 saturated carbocycles. The molecule has 6 heteroatoms. The predicted molar refractivity (Wildman–Crippen MR) is 312 cm³/mol. The largest absolute Gasteiger partial charge is 0.462 e. The first kappa shape index (κ1) is 70.4. The Morgan fingerprint density at radius 3 is 0.597 bits per heavy atom. The Balaban J connectivity index is 4.27. The molecule has 1 atom stereocenters. The van der Waals surface area contributed by atoms with E-state index in [4.69, 9.17) is 14.2 Å². The second kappa shape index (κ2) is 57.1. The molecule has 0 radical (unpaired) electrons. The number of carbonyl (C=O) groups is 3. The fourth-order valence-electron chi connectivity index (χ4n) is 10.2. The lowest BCUT2D eigenvalue weighted by Crippen LogP contribution is -2.30. The lowest BCUT2D eigenvalue weighted by molar-refractivity contribution is -0.167. The molecule has 0 saturated heterocycles. The van der Waals surface area contributed by atoms with Crippen LogP contribution in [0.15, 0.2) is 0 Å². The number of rotatable bonds is 59. The van der Waals surface area contributed by atoms with Crippen molar-refractivity contribution in [1.82, 2.24) is 0 Å². The van der Waals surface area contributed by atoms with E-state index in [-0.39, 0.29) is 31.1 Å². The van der Waals surface area contributed by atoms with Crippen LogP contribution in [0.25, 0.3) is 0 Å². The molecule has 0 aliphatic rings. The van der Waals surface area contributed by atoms with Crippen molar-refractivity contribution >= 4 is 17.9 Å². The Labute approximate surface area is 450 Å². The standard InChI is InChI=1S/C66H128O6/c1-60(2)52-46-40-34-28-22-16-11-9-7-8-10-12-19-25-31-37-43-49-55-64(67)70-58-63(59-71-65(68)56-50-44-38-32-26-21-15-18-24-30-36-42-48-54-62(5)6)72-66(69)57-51-45-39-33-27-20-14-13-17-23-29-35-41-47-53-61(3)4/h60-63H,7-59H2,1-6H3/t63-/m0/s1. The summed E-state index contributed by atoms with van der Waals surface area (Å²) in [4.78, 5) is 38.3. The number of esters is 3. The summed E-state index contributed by atoms with van der Waals surface area (Å²) in [7, 11) is 0. The molecule has 0 spiro atoms. The molecule has 0 aromatic rings. The highest BCUT2D eigenvalue weighted by atomic mass is 16.6. The smallest absolute Gasteiger partial charge is 0.306 e. The van der Waals surface area contributed by atoms with Gasteiger partial charge >= 0.3 is 17.9 Å². The number of unbranched alkanes of at least 4 members (excludes halogenated alkanes) is 42. The first-order valence-electron chi connectivity index (χ1n) is 32.6. The Kier molecular flexibility index (Phi) is 55.9. The van der Waals surface area contributed by atoms with Gasteiger partial charge in [0, 0.05) is 19.3 Å². The number of hydrogen-bond donors (Lipinski definition) is 0. The third-order valence-electron chi connectivity index (χ3n) is 15.1. The summed E-state index contributed by atoms with van der Waals surface area (Å²) >= 11 is 0. The Morgan fingerprint density at radius 2 is 0.403 bits per heavy atom. The first-order valence-corrected chi connectivity index (χ1v) is 32.6. The molecule has 0 amide bonds. The van der Waals surface area contributed by atoms with Crippen molar-refractivity contribution < 1.29 is 28.6 Å². The number of carbonyl (C=O) groups excluding carboxylic acids is 3. The third kappa shape index (κ3) is 59.3. The summed E-state index contributed by atoms with van der Waals surface area (Å²) in [5.74, 6) is 1.71. The summed E-state index contributed by atoms with van der Waals surface area (Å²) in [6.07, 6.45) is 62.5. The van der Waals surface area contributed by atoms with Crippen molar-refractivity contribution in [1.29, 1.82) is 0 Å². The lowest BCUT2D eigenvalue weighted by Gasteiger charge is -2.18. The molecule has 0 bridgehead atoms. The number of hydrogen-bond acceptors (Lipinski definition) is 6. The van der Waals surface area contributed by atoms with Gasteiger partial charge in [0.05, 0.1) is 0 Å². The van der Waals surface area contributed by atoms with E-state index >= 15 is 0 Å². The van der Waals surface area contributed by atoms with Gasteiger partial charge in [0.25, 0.3) is 0 Å². The van der Waals surface area contributed by atoms with Gasteiger partial charge in [0.2, 0.25) is 0 Å². The van der Waals surface area contributed by atoms with Crippen LogP contribution in [-0.4, -0.2) is 37.2 Å². The van der Waals surface area contributed by atoms with Crippen LogP contribution < -0.4 is 0 Å². The van der Waals surface area contributed by atoms with Gasteiger partial charge in [-0.3, -0.25) is 14.4 Å². The van der Waals surface area contributed by atoms with E-state index in [1.54, 1.807) is 0 Å². The van der Waals surface area contributed by atoms with E-state index in [9.17, 15) is 14.4 Å². The van der Waals surface area contributed by atoms with Gasteiger partial charge in [-0.1, -0.05) is 330 Å². The molecule has 72 heavy (non-hydrogen) atoms. The molecule has 0 rings (SSSR count). The summed E-state index contributed by atoms with van der Waals surface area (Å²) in [6.45, 7) is 13.8. The van der Waals surface area contributed by atoms with Crippen LogP contribution in [0.3, 0.4) is 0 Å². The summed E-state index contributed by atoms with van der Waals surface area (Å²) < 4.78 is 17.0. The van der Waals surface area contributed by atoms with Crippen molar-refractivity contribution in [3.05, 3.63) is 0 Å². The zero-order valence-corrected chi connectivity index (χ0v) is 49.7. The van der Waals surface area contributed by atoms with E-state index < -0.39 is 6.10 Å². The molecule has 6 nitrogen and oxygen atoms in total. The van der Waals surface area contributed by atoms with E-state index in [1.807, 2.05) is 0 Å². The van der Waals surface area contributed by atoms with Crippen molar-refractivity contribution in [2.75, 3.05) is 13.2 Å². The van der Waals surface area contributed by atoms with Crippen molar-refractivity contribution in [3.8, 4) is 0 Å². The predicted octanol–water partition coefficient (Wildman–Crippen LogP) is 21.8. The van der Waals surface area contributed by atoms with Gasteiger partial charge in [-0.05, 0) is 37.0 Å². The minimum Gasteiger partial charge on any atom is -0.462 e. The van der Waals surface area contributed by atoms with Gasteiger partial charge in [-0.2, -0.15) is 0 Å². The second-order valence-corrected chi connectivity index (χ2v) is 24.2. The summed E-state index contributed by atoms with van der Waals surface area (Å²) in [5, 5.41) is 0. The van der Waals surface area contributed by atoms with Crippen molar-refractivity contribution in [2.24, 2.45) is 17.8 Å². The quantitative estimate of drug-likeness (QED) is 0.0343. The van der Waals surface area contributed by atoms with E-state index in [2.05, 4.69) is 41.5 Å². The minimum atomic E-state index is -0.765. The molecule has 0 heterocycles. The molecule has 0 aromatic heterocycles. The van der Waals surface area contributed by atoms with Crippen LogP contribution in [0.4, 0.5) is 0 Å². The van der Waals surface area contributed by atoms with Crippen LogP contribution in [0.2, 0.25) is 0 Å². The highest BCUT2D eigenvalue weighted by molar-refractivity contribution is 5.71. The third-order valence-corrected chi connectivity index (χ3v) is 15.1. The molecule has 428 valence electrons. The van der Waals surface area contributed by atoms with Crippen LogP contribution in [-0.2, 0) is 28.6 Å². The van der Waals surface area contributed by atoms with Gasteiger partial charge < -0.3 is 14.2 Å². The average molecular weight is 1020 g/mol. The zero-order chi connectivity index (χ0) is 52.6. The lowest BCUT2D eigenvalue weighted by atomic mass is 10.0. The molecule has 0 fully saturated rings. The monoisotopic (exact) mass is 1020 g/mol. The Morgan fingerprint density at radius 1 is 0.236 bits per heavy atom. The second-order valence-electron chi connectivity index (χ2n) is 24.2. The molecule has 0 aliphatic heterocycles. The van der Waals surface area contributed by atoms with Crippen LogP contribution in [0, 0.1) is 17.8 Å². The van der Waals surface area contributed by atoms with Gasteiger partial charge in [0.1, 0.15) is 13.2 Å². The van der Waals surface area contributed by atoms with Crippen molar-refractivity contribution in [3.63, 3.8) is 0 Å². The summed E-state index contributed by atoms with van der Waals surface area (Å²) in [6, 6.07) is 0. The fourth-order valence-corrected chi connectivity index (χ4v) is 10.2. The van der Waals surface area contributed by atoms with Crippen LogP contribution >= 0.6 is 0 Å². The van der Waals surface area contributed by atoms with Crippen LogP contribution in [0.1, 0.15) is 369 Å². The molecule has 0 aliphatic carbocycles. The molecule has 0 unspecified atom stereocenters.